The Bertz CT molecular complexity index is 436. The second-order valence-corrected chi connectivity index (χ2v) is 6.13. The summed E-state index contributed by atoms with van der Waals surface area (Å²) in [6.07, 6.45) is 6.30. The fourth-order valence-electron chi connectivity index (χ4n) is 3.10. The fraction of sp³-hybridized carbons (Fsp3) is 0.625. The number of nitrogens with one attached hydrogen (secondary N) is 1. The zero-order chi connectivity index (χ0) is 13.9. The van der Waals surface area contributed by atoms with E-state index >= 15 is 0 Å². The zero-order valence-corrected chi connectivity index (χ0v) is 11.8. The molecule has 0 aromatic heterocycles. The molecule has 110 valence electrons. The average molecular weight is 278 g/mol. The van der Waals surface area contributed by atoms with Crippen molar-refractivity contribution in [2.24, 2.45) is 0 Å². The highest BCUT2D eigenvalue weighted by Crippen LogP contribution is 2.29. The number of benzene rings is 1. The van der Waals surface area contributed by atoms with Gasteiger partial charge in [0.2, 0.25) is 0 Å². The highest BCUT2D eigenvalue weighted by atomic mass is 19.1. The van der Waals surface area contributed by atoms with Crippen LogP contribution in [0.3, 0.4) is 0 Å². The van der Waals surface area contributed by atoms with E-state index in [2.05, 4.69) is 10.2 Å². The largest absolute Gasteiger partial charge is 0.508 e. The number of aromatic hydroxyl groups is 1. The summed E-state index contributed by atoms with van der Waals surface area (Å²) >= 11 is 0. The normalized spacial score (nSPS) is 23.2. The van der Waals surface area contributed by atoms with Crippen molar-refractivity contribution < 1.29 is 9.50 Å². The van der Waals surface area contributed by atoms with Crippen molar-refractivity contribution in [2.75, 3.05) is 13.1 Å². The van der Waals surface area contributed by atoms with E-state index in [0.29, 0.717) is 12.1 Å². The van der Waals surface area contributed by atoms with Crippen molar-refractivity contribution in [1.29, 1.82) is 0 Å². The van der Waals surface area contributed by atoms with Gasteiger partial charge in [-0.15, -0.1) is 0 Å². The van der Waals surface area contributed by atoms with Crippen LogP contribution >= 0.6 is 0 Å². The lowest BCUT2D eigenvalue weighted by atomic mass is 10.0. The average Bonchev–Trinajstić information content (AvgIpc) is 3.22. The Morgan fingerprint density at radius 1 is 1.20 bits per heavy atom. The van der Waals surface area contributed by atoms with Crippen LogP contribution in [0.4, 0.5) is 4.39 Å². The highest BCUT2D eigenvalue weighted by molar-refractivity contribution is 5.28. The molecule has 1 aromatic carbocycles. The van der Waals surface area contributed by atoms with Gasteiger partial charge >= 0.3 is 0 Å². The molecule has 4 heteroatoms. The van der Waals surface area contributed by atoms with Gasteiger partial charge in [0.1, 0.15) is 11.6 Å². The van der Waals surface area contributed by atoms with E-state index < -0.39 is 0 Å². The smallest absolute Gasteiger partial charge is 0.127 e. The third-order valence-corrected chi connectivity index (χ3v) is 4.26. The van der Waals surface area contributed by atoms with Crippen LogP contribution in [0, 0.1) is 5.82 Å². The van der Waals surface area contributed by atoms with Crippen molar-refractivity contribution in [1.82, 2.24) is 10.2 Å². The first-order valence-corrected chi connectivity index (χ1v) is 7.66. The molecule has 1 aliphatic heterocycles. The van der Waals surface area contributed by atoms with E-state index in [1.54, 1.807) is 6.07 Å². The number of hydrogen-bond donors (Lipinski definition) is 2. The van der Waals surface area contributed by atoms with Gasteiger partial charge in [-0.3, -0.25) is 4.90 Å². The molecule has 1 saturated carbocycles. The second-order valence-electron chi connectivity index (χ2n) is 6.13. The molecule has 1 aliphatic carbocycles. The lowest BCUT2D eigenvalue weighted by Gasteiger charge is -2.30. The molecule has 0 amide bonds. The van der Waals surface area contributed by atoms with Crippen molar-refractivity contribution in [2.45, 2.75) is 50.7 Å². The summed E-state index contributed by atoms with van der Waals surface area (Å²) in [4.78, 5) is 2.44. The SMILES string of the molecule is Oc1cc(F)cc(CN(CC2CCCCN2)C2CC2)c1. The minimum atomic E-state index is -0.355. The number of nitrogens with zero attached hydrogens (tertiary/aromatic N) is 1. The van der Waals surface area contributed by atoms with Crippen LogP contribution in [0.2, 0.25) is 0 Å². The first kappa shape index (κ1) is 13.8. The first-order valence-electron chi connectivity index (χ1n) is 7.66. The summed E-state index contributed by atoms with van der Waals surface area (Å²) < 4.78 is 13.4. The lowest BCUT2D eigenvalue weighted by molar-refractivity contribution is 0.208. The molecule has 1 atom stereocenters. The van der Waals surface area contributed by atoms with Crippen molar-refractivity contribution >= 4 is 0 Å². The molecular formula is C16H23FN2O. The van der Waals surface area contributed by atoms with Crippen LogP contribution in [0.25, 0.3) is 0 Å². The van der Waals surface area contributed by atoms with Crippen molar-refractivity contribution in [3.8, 4) is 5.75 Å². The number of phenolic OH excluding ortho intramolecular Hbond substituents is 1. The number of halogens is 1. The summed E-state index contributed by atoms with van der Waals surface area (Å²) in [5, 5.41) is 13.1. The van der Waals surface area contributed by atoms with Crippen LogP contribution < -0.4 is 5.32 Å². The molecule has 20 heavy (non-hydrogen) atoms. The van der Waals surface area contributed by atoms with E-state index in [0.717, 1.165) is 31.3 Å². The van der Waals surface area contributed by atoms with Gasteiger partial charge < -0.3 is 10.4 Å². The Hall–Kier alpha value is -1.13. The standard InChI is InChI=1S/C16H23FN2O/c17-13-7-12(8-16(20)9-13)10-19(15-4-5-15)11-14-3-1-2-6-18-14/h7-9,14-15,18,20H,1-6,10-11H2. The van der Waals surface area contributed by atoms with Crippen LogP contribution in [-0.4, -0.2) is 35.2 Å². The Morgan fingerprint density at radius 3 is 2.70 bits per heavy atom. The minimum absolute atomic E-state index is 0.0199. The summed E-state index contributed by atoms with van der Waals surface area (Å²) in [5.41, 5.74) is 0.866. The van der Waals surface area contributed by atoms with Crippen LogP contribution in [0.1, 0.15) is 37.7 Å². The van der Waals surface area contributed by atoms with Crippen LogP contribution in [0.5, 0.6) is 5.75 Å². The van der Waals surface area contributed by atoms with Gasteiger partial charge in [-0.2, -0.15) is 0 Å². The zero-order valence-electron chi connectivity index (χ0n) is 11.8. The number of hydrogen-bond acceptors (Lipinski definition) is 3. The third-order valence-electron chi connectivity index (χ3n) is 4.26. The molecule has 1 saturated heterocycles. The molecule has 3 nitrogen and oxygen atoms in total. The molecule has 1 unspecified atom stereocenters. The molecule has 1 aromatic rings. The molecule has 1 heterocycles. The molecule has 2 fully saturated rings. The van der Waals surface area contributed by atoms with Gasteiger partial charge in [0.15, 0.2) is 0 Å². The molecule has 2 N–H and O–H groups in total. The van der Waals surface area contributed by atoms with E-state index in [1.807, 2.05) is 0 Å². The van der Waals surface area contributed by atoms with Gasteiger partial charge in [0.25, 0.3) is 0 Å². The number of rotatable bonds is 5. The molecule has 2 aliphatic rings. The molecule has 0 bridgehead atoms. The monoisotopic (exact) mass is 278 g/mol. The van der Waals surface area contributed by atoms with E-state index in [-0.39, 0.29) is 11.6 Å². The Kier molecular flexibility index (Phi) is 4.22. The van der Waals surface area contributed by atoms with Crippen molar-refractivity contribution in [3.63, 3.8) is 0 Å². The maximum absolute atomic E-state index is 13.4. The summed E-state index contributed by atoms with van der Waals surface area (Å²) in [6.45, 7) is 2.88. The number of phenols is 1. The predicted molar refractivity (Wildman–Crippen MR) is 77.1 cm³/mol. The summed E-state index contributed by atoms with van der Waals surface area (Å²) in [5.74, 6) is -0.335. The predicted octanol–water partition coefficient (Wildman–Crippen LogP) is 2.64. The number of piperidine rings is 1. The summed E-state index contributed by atoms with van der Waals surface area (Å²) in [7, 11) is 0. The molecule has 3 rings (SSSR count). The maximum atomic E-state index is 13.4. The fourth-order valence-corrected chi connectivity index (χ4v) is 3.10. The van der Waals surface area contributed by atoms with Gasteiger partial charge in [0.05, 0.1) is 0 Å². The summed E-state index contributed by atoms with van der Waals surface area (Å²) in [6, 6.07) is 5.57. The Balaban J connectivity index is 1.64. The van der Waals surface area contributed by atoms with E-state index in [4.69, 9.17) is 0 Å². The molecule has 0 spiro atoms. The van der Waals surface area contributed by atoms with E-state index in [9.17, 15) is 9.50 Å². The Labute approximate surface area is 119 Å². The van der Waals surface area contributed by atoms with Crippen LogP contribution in [0.15, 0.2) is 18.2 Å². The topological polar surface area (TPSA) is 35.5 Å². The van der Waals surface area contributed by atoms with Crippen molar-refractivity contribution in [3.05, 3.63) is 29.6 Å². The second kappa shape index (κ2) is 6.10. The third kappa shape index (κ3) is 3.70. The minimum Gasteiger partial charge on any atom is -0.508 e. The van der Waals surface area contributed by atoms with Crippen LogP contribution in [-0.2, 0) is 6.54 Å². The Morgan fingerprint density at radius 2 is 2.05 bits per heavy atom. The van der Waals surface area contributed by atoms with Gasteiger partial charge in [0, 0.05) is 31.2 Å². The van der Waals surface area contributed by atoms with E-state index in [1.165, 1.54) is 38.2 Å². The van der Waals surface area contributed by atoms with Gasteiger partial charge in [-0.05, 0) is 49.9 Å². The highest BCUT2D eigenvalue weighted by Gasteiger charge is 2.31. The maximum Gasteiger partial charge on any atom is 0.127 e. The molecule has 0 radical (unpaired) electrons. The molecular weight excluding hydrogens is 255 g/mol. The quantitative estimate of drug-likeness (QED) is 0.869. The van der Waals surface area contributed by atoms with Gasteiger partial charge in [-0.25, -0.2) is 4.39 Å². The lowest BCUT2D eigenvalue weighted by Crippen LogP contribution is -2.44. The van der Waals surface area contributed by atoms with Gasteiger partial charge in [-0.1, -0.05) is 6.42 Å². The first-order chi connectivity index (χ1) is 9.70.